The quantitative estimate of drug-likeness (QED) is 0.755. The molecule has 0 fully saturated rings. The Morgan fingerprint density at radius 1 is 1.38 bits per heavy atom. The maximum absolute atomic E-state index is 11.3. The second-order valence-corrected chi connectivity index (χ2v) is 6.05. The number of halogens is 2. The predicted octanol–water partition coefficient (Wildman–Crippen LogP) is 3.98. The third-order valence-electron chi connectivity index (χ3n) is 2.92. The average Bonchev–Trinajstić information content (AvgIpc) is 2.37. The van der Waals surface area contributed by atoms with Gasteiger partial charge in [0, 0.05) is 17.1 Å². The first-order valence-electron chi connectivity index (χ1n) is 6.92. The molecule has 21 heavy (non-hydrogen) atoms. The van der Waals surface area contributed by atoms with Gasteiger partial charge in [-0.25, -0.2) is 0 Å². The molecule has 1 aromatic carbocycles. The van der Waals surface area contributed by atoms with Crippen molar-refractivity contribution in [3.8, 4) is 5.75 Å². The summed E-state index contributed by atoms with van der Waals surface area (Å²) in [7, 11) is 0. The molecule has 0 saturated carbocycles. The van der Waals surface area contributed by atoms with E-state index in [1.807, 2.05) is 20.8 Å². The Kier molecular flexibility index (Phi) is 7.29. The van der Waals surface area contributed by atoms with Crippen LogP contribution in [0.25, 0.3) is 0 Å². The van der Waals surface area contributed by atoms with Gasteiger partial charge < -0.3 is 15.2 Å². The lowest BCUT2D eigenvalue weighted by molar-refractivity contribution is -0.140. The number of carbonyl (C=O) groups is 1. The fourth-order valence-corrected chi connectivity index (χ4v) is 2.62. The summed E-state index contributed by atoms with van der Waals surface area (Å²) >= 11 is 12.1. The number of ether oxygens (including phenoxy) is 1. The van der Waals surface area contributed by atoms with E-state index in [2.05, 4.69) is 5.32 Å². The number of rotatable bonds is 8. The summed E-state index contributed by atoms with van der Waals surface area (Å²) in [5.74, 6) is -0.0348. The Labute approximate surface area is 135 Å². The SMILES string of the molecule is CCOc1c(Cl)cc(Cl)cc1CNC(CC(C)C)C(=O)O. The lowest BCUT2D eigenvalue weighted by atomic mass is 10.0. The Bertz CT molecular complexity index is 492. The Morgan fingerprint density at radius 2 is 2.05 bits per heavy atom. The number of carboxylic acid groups (broad SMARTS) is 1. The zero-order valence-electron chi connectivity index (χ0n) is 12.5. The molecule has 118 valence electrons. The molecule has 0 amide bonds. The van der Waals surface area contributed by atoms with Gasteiger partial charge in [0.05, 0.1) is 11.6 Å². The number of benzene rings is 1. The van der Waals surface area contributed by atoms with Crippen molar-refractivity contribution >= 4 is 29.2 Å². The van der Waals surface area contributed by atoms with Gasteiger partial charge in [-0.1, -0.05) is 37.0 Å². The maximum atomic E-state index is 11.3. The van der Waals surface area contributed by atoms with Crippen molar-refractivity contribution in [2.75, 3.05) is 6.61 Å². The van der Waals surface area contributed by atoms with Gasteiger partial charge in [0.25, 0.3) is 0 Å². The molecule has 1 atom stereocenters. The number of carboxylic acids is 1. The minimum atomic E-state index is -0.866. The van der Waals surface area contributed by atoms with E-state index in [4.69, 9.17) is 27.9 Å². The molecule has 0 heterocycles. The topological polar surface area (TPSA) is 58.6 Å². The molecule has 0 radical (unpaired) electrons. The van der Waals surface area contributed by atoms with Crippen LogP contribution in [-0.2, 0) is 11.3 Å². The lowest BCUT2D eigenvalue weighted by Crippen LogP contribution is -2.37. The van der Waals surface area contributed by atoms with E-state index >= 15 is 0 Å². The predicted molar refractivity (Wildman–Crippen MR) is 85.3 cm³/mol. The first kappa shape index (κ1) is 18.1. The van der Waals surface area contributed by atoms with Crippen LogP contribution in [0.15, 0.2) is 12.1 Å². The summed E-state index contributed by atoms with van der Waals surface area (Å²) in [4.78, 5) is 11.3. The van der Waals surface area contributed by atoms with Crippen LogP contribution in [0.3, 0.4) is 0 Å². The third-order valence-corrected chi connectivity index (χ3v) is 3.42. The molecule has 0 aromatic heterocycles. The van der Waals surface area contributed by atoms with Crippen LogP contribution in [0, 0.1) is 5.92 Å². The molecular weight excluding hydrogens is 313 g/mol. The van der Waals surface area contributed by atoms with E-state index in [9.17, 15) is 9.90 Å². The summed E-state index contributed by atoms with van der Waals surface area (Å²) < 4.78 is 5.52. The van der Waals surface area contributed by atoms with Crippen molar-refractivity contribution in [1.82, 2.24) is 5.32 Å². The molecule has 2 N–H and O–H groups in total. The van der Waals surface area contributed by atoms with E-state index in [1.54, 1.807) is 12.1 Å². The fraction of sp³-hybridized carbons (Fsp3) is 0.533. The largest absolute Gasteiger partial charge is 0.492 e. The zero-order chi connectivity index (χ0) is 16.0. The molecule has 1 rings (SSSR count). The molecule has 6 heteroatoms. The standard InChI is InChI=1S/C15H21Cl2NO3/c1-4-21-14-10(6-11(16)7-12(14)17)8-18-13(15(19)20)5-9(2)3/h6-7,9,13,18H,4-5,8H2,1-3H3,(H,19,20). The first-order chi connectivity index (χ1) is 9.85. The second-order valence-electron chi connectivity index (χ2n) is 5.21. The Morgan fingerprint density at radius 3 is 2.57 bits per heavy atom. The molecule has 0 bridgehead atoms. The van der Waals surface area contributed by atoms with E-state index < -0.39 is 12.0 Å². The Hall–Kier alpha value is -0.970. The number of nitrogens with one attached hydrogen (secondary N) is 1. The highest BCUT2D eigenvalue weighted by molar-refractivity contribution is 6.35. The molecule has 0 aliphatic heterocycles. The maximum Gasteiger partial charge on any atom is 0.320 e. The molecule has 0 saturated heterocycles. The molecule has 1 aromatic rings. The number of hydrogen-bond donors (Lipinski definition) is 2. The normalized spacial score (nSPS) is 12.5. The molecule has 0 aliphatic rings. The highest BCUT2D eigenvalue weighted by Gasteiger charge is 2.19. The number of aliphatic carboxylic acids is 1. The molecule has 4 nitrogen and oxygen atoms in total. The van der Waals surface area contributed by atoms with E-state index in [0.29, 0.717) is 35.4 Å². The summed E-state index contributed by atoms with van der Waals surface area (Å²) in [6.45, 7) is 6.64. The fourth-order valence-electron chi connectivity index (χ4n) is 2.03. The van der Waals surface area contributed by atoms with Gasteiger partial charge in [-0.15, -0.1) is 0 Å². The minimum Gasteiger partial charge on any atom is -0.492 e. The van der Waals surface area contributed by atoms with Gasteiger partial charge in [-0.2, -0.15) is 0 Å². The van der Waals surface area contributed by atoms with Crippen LogP contribution >= 0.6 is 23.2 Å². The first-order valence-corrected chi connectivity index (χ1v) is 7.67. The van der Waals surface area contributed by atoms with E-state index in [-0.39, 0.29) is 5.92 Å². The highest BCUT2D eigenvalue weighted by atomic mass is 35.5. The second kappa shape index (κ2) is 8.47. The van der Waals surface area contributed by atoms with Crippen molar-refractivity contribution in [2.24, 2.45) is 5.92 Å². The van der Waals surface area contributed by atoms with Crippen LogP contribution in [0.4, 0.5) is 0 Å². The average molecular weight is 334 g/mol. The summed E-state index contributed by atoms with van der Waals surface area (Å²) in [5, 5.41) is 13.2. The van der Waals surface area contributed by atoms with Crippen molar-refractivity contribution in [1.29, 1.82) is 0 Å². The van der Waals surface area contributed by atoms with Crippen LogP contribution in [0.2, 0.25) is 10.0 Å². The highest BCUT2D eigenvalue weighted by Crippen LogP contribution is 2.32. The summed E-state index contributed by atoms with van der Waals surface area (Å²) in [6, 6.07) is 2.73. The van der Waals surface area contributed by atoms with E-state index in [0.717, 1.165) is 5.56 Å². The monoisotopic (exact) mass is 333 g/mol. The van der Waals surface area contributed by atoms with Crippen molar-refractivity contribution in [3.05, 3.63) is 27.7 Å². The van der Waals surface area contributed by atoms with Crippen molar-refractivity contribution in [3.63, 3.8) is 0 Å². The lowest BCUT2D eigenvalue weighted by Gasteiger charge is -2.18. The van der Waals surface area contributed by atoms with E-state index in [1.165, 1.54) is 0 Å². The van der Waals surface area contributed by atoms with Crippen LogP contribution in [-0.4, -0.2) is 23.7 Å². The summed E-state index contributed by atoms with van der Waals surface area (Å²) in [5.41, 5.74) is 0.754. The van der Waals surface area contributed by atoms with Gasteiger partial charge in [-0.05, 0) is 31.4 Å². The van der Waals surface area contributed by atoms with Gasteiger partial charge in [0.15, 0.2) is 0 Å². The van der Waals surface area contributed by atoms with Gasteiger partial charge in [0.2, 0.25) is 0 Å². The van der Waals surface area contributed by atoms with Gasteiger partial charge in [-0.3, -0.25) is 4.79 Å². The Balaban J connectivity index is 2.88. The van der Waals surface area contributed by atoms with Crippen molar-refractivity contribution in [2.45, 2.75) is 39.8 Å². The zero-order valence-corrected chi connectivity index (χ0v) is 14.0. The van der Waals surface area contributed by atoms with Crippen molar-refractivity contribution < 1.29 is 14.6 Å². The molecule has 0 aliphatic carbocycles. The smallest absolute Gasteiger partial charge is 0.320 e. The van der Waals surface area contributed by atoms with Gasteiger partial charge in [0.1, 0.15) is 11.8 Å². The molecule has 1 unspecified atom stereocenters. The van der Waals surface area contributed by atoms with Gasteiger partial charge >= 0.3 is 5.97 Å². The van der Waals surface area contributed by atoms with Crippen LogP contribution < -0.4 is 10.1 Å². The minimum absolute atomic E-state index is 0.285. The summed E-state index contributed by atoms with van der Waals surface area (Å²) in [6.07, 6.45) is 0.549. The number of hydrogen-bond acceptors (Lipinski definition) is 3. The molecule has 0 spiro atoms. The van der Waals surface area contributed by atoms with Crippen LogP contribution in [0.5, 0.6) is 5.75 Å². The third kappa shape index (κ3) is 5.73. The van der Waals surface area contributed by atoms with Crippen LogP contribution in [0.1, 0.15) is 32.8 Å². The molecular formula is C15H21Cl2NO3.